The molecule has 0 spiro atoms. The minimum atomic E-state index is -0.340. The number of piperidine rings is 1. The summed E-state index contributed by atoms with van der Waals surface area (Å²) in [7, 11) is 1.62. The second-order valence-electron chi connectivity index (χ2n) is 6.33. The van der Waals surface area contributed by atoms with E-state index < -0.39 is 0 Å². The highest BCUT2D eigenvalue weighted by Crippen LogP contribution is 2.23. The Morgan fingerprint density at radius 2 is 2.00 bits per heavy atom. The Morgan fingerprint density at radius 1 is 1.28 bits per heavy atom. The van der Waals surface area contributed by atoms with Gasteiger partial charge in [0, 0.05) is 31.6 Å². The number of methoxy groups -OCH3 is 1. The molecule has 3 amide bonds. The van der Waals surface area contributed by atoms with E-state index in [1.807, 2.05) is 29.2 Å². The molecule has 1 aromatic rings. The van der Waals surface area contributed by atoms with Crippen LogP contribution in [0.2, 0.25) is 0 Å². The fourth-order valence-corrected chi connectivity index (χ4v) is 3.16. The first-order chi connectivity index (χ1) is 12.1. The van der Waals surface area contributed by atoms with Crippen LogP contribution >= 0.6 is 0 Å². The van der Waals surface area contributed by atoms with Crippen LogP contribution in [0.25, 0.3) is 0 Å². The molecule has 0 unspecified atom stereocenters. The van der Waals surface area contributed by atoms with Gasteiger partial charge in [-0.3, -0.25) is 10.0 Å². The van der Waals surface area contributed by atoms with Crippen LogP contribution in [0.5, 0.6) is 5.75 Å². The molecule has 0 bridgehead atoms. The van der Waals surface area contributed by atoms with Crippen molar-refractivity contribution < 1.29 is 19.5 Å². The van der Waals surface area contributed by atoms with Crippen molar-refractivity contribution in [3.05, 3.63) is 29.8 Å². The predicted molar refractivity (Wildman–Crippen MR) is 93.3 cm³/mol. The Bertz CT molecular complexity index is 571. The molecule has 0 aliphatic carbocycles. The summed E-state index contributed by atoms with van der Waals surface area (Å²) in [5, 5.41) is 11.4. The quantitative estimate of drug-likeness (QED) is 0.520. The zero-order valence-electron chi connectivity index (χ0n) is 14.7. The van der Waals surface area contributed by atoms with Gasteiger partial charge in [0.05, 0.1) is 7.11 Å². The third-order valence-corrected chi connectivity index (χ3v) is 4.67. The number of carbonyl (C=O) groups is 2. The average Bonchev–Trinajstić information content (AvgIpc) is 2.66. The van der Waals surface area contributed by atoms with E-state index in [0.717, 1.165) is 50.1 Å². The first kappa shape index (κ1) is 19.1. The smallest absolute Gasteiger partial charge is 0.317 e. The zero-order valence-corrected chi connectivity index (χ0v) is 14.7. The number of nitrogens with one attached hydrogen (secondary N) is 2. The molecule has 1 aliphatic rings. The van der Waals surface area contributed by atoms with Crippen molar-refractivity contribution in [2.24, 2.45) is 5.92 Å². The lowest BCUT2D eigenvalue weighted by molar-refractivity contribution is -0.129. The summed E-state index contributed by atoms with van der Waals surface area (Å²) in [4.78, 5) is 25.2. The molecule has 0 saturated carbocycles. The minimum Gasteiger partial charge on any atom is -0.496 e. The van der Waals surface area contributed by atoms with Gasteiger partial charge in [-0.25, -0.2) is 10.3 Å². The molecule has 138 valence electrons. The van der Waals surface area contributed by atoms with Crippen molar-refractivity contribution in [2.45, 2.75) is 38.6 Å². The Labute approximate surface area is 148 Å². The lowest BCUT2D eigenvalue weighted by atomic mass is 9.91. The summed E-state index contributed by atoms with van der Waals surface area (Å²) in [6.45, 7) is 1.91. The van der Waals surface area contributed by atoms with Gasteiger partial charge in [0.15, 0.2) is 0 Å². The van der Waals surface area contributed by atoms with E-state index in [4.69, 9.17) is 9.94 Å². The largest absolute Gasteiger partial charge is 0.496 e. The van der Waals surface area contributed by atoms with Crippen molar-refractivity contribution in [1.82, 2.24) is 15.7 Å². The number of nitrogens with zero attached hydrogens (tertiary/aromatic N) is 1. The highest BCUT2D eigenvalue weighted by Gasteiger charge is 2.22. The van der Waals surface area contributed by atoms with Crippen LogP contribution < -0.4 is 15.5 Å². The Morgan fingerprint density at radius 3 is 2.68 bits per heavy atom. The molecule has 0 radical (unpaired) electrons. The van der Waals surface area contributed by atoms with Crippen molar-refractivity contribution in [3.63, 3.8) is 0 Å². The normalized spacial score (nSPS) is 14.9. The summed E-state index contributed by atoms with van der Waals surface area (Å²) in [5.41, 5.74) is 2.61. The molecule has 7 nitrogen and oxygen atoms in total. The molecule has 1 fully saturated rings. The monoisotopic (exact) mass is 349 g/mol. The molecule has 3 N–H and O–H groups in total. The van der Waals surface area contributed by atoms with Crippen LogP contribution in [0.1, 0.15) is 37.7 Å². The van der Waals surface area contributed by atoms with Crippen LogP contribution in [0.4, 0.5) is 4.79 Å². The molecule has 1 heterocycles. The first-order valence-electron chi connectivity index (χ1n) is 8.71. The van der Waals surface area contributed by atoms with Crippen LogP contribution in [0, 0.1) is 5.92 Å². The van der Waals surface area contributed by atoms with Gasteiger partial charge in [-0.1, -0.05) is 18.2 Å². The number of hydrogen-bond donors (Lipinski definition) is 3. The van der Waals surface area contributed by atoms with E-state index >= 15 is 0 Å². The second-order valence-corrected chi connectivity index (χ2v) is 6.33. The first-order valence-corrected chi connectivity index (χ1v) is 8.71. The molecule has 0 aromatic heterocycles. The van der Waals surface area contributed by atoms with Gasteiger partial charge in [-0.2, -0.15) is 0 Å². The van der Waals surface area contributed by atoms with E-state index in [1.165, 1.54) is 0 Å². The van der Waals surface area contributed by atoms with E-state index in [0.29, 0.717) is 18.9 Å². The maximum absolute atomic E-state index is 12.3. The highest BCUT2D eigenvalue weighted by molar-refractivity contribution is 5.74. The van der Waals surface area contributed by atoms with E-state index in [1.54, 1.807) is 12.6 Å². The molecule has 1 aliphatic heterocycles. The Kier molecular flexibility index (Phi) is 7.53. The zero-order chi connectivity index (χ0) is 18.1. The average molecular weight is 349 g/mol. The van der Waals surface area contributed by atoms with Crippen LogP contribution in [-0.4, -0.2) is 42.2 Å². The number of hydrogen-bond acceptors (Lipinski definition) is 4. The lowest BCUT2D eigenvalue weighted by Crippen LogP contribution is -2.44. The van der Waals surface area contributed by atoms with E-state index in [9.17, 15) is 9.59 Å². The summed E-state index contributed by atoms with van der Waals surface area (Å²) >= 11 is 0. The topological polar surface area (TPSA) is 90.9 Å². The SMILES string of the molecule is COc1ccccc1CNC(=O)N1CCC(CCCC(=O)NO)CC1. The Balaban J connectivity index is 1.69. The summed E-state index contributed by atoms with van der Waals surface area (Å²) in [6.07, 6.45) is 3.95. The van der Waals surface area contributed by atoms with Crippen LogP contribution in [0.15, 0.2) is 24.3 Å². The van der Waals surface area contributed by atoms with Gasteiger partial charge in [0.2, 0.25) is 5.91 Å². The second kappa shape index (κ2) is 9.88. The van der Waals surface area contributed by atoms with E-state index in [2.05, 4.69) is 5.32 Å². The van der Waals surface area contributed by atoms with Gasteiger partial charge >= 0.3 is 6.03 Å². The molecular weight excluding hydrogens is 322 g/mol. The number of amides is 3. The summed E-state index contributed by atoms with van der Waals surface area (Å²) < 4.78 is 5.29. The lowest BCUT2D eigenvalue weighted by Gasteiger charge is -2.32. The fourth-order valence-electron chi connectivity index (χ4n) is 3.16. The summed E-state index contributed by atoms with van der Waals surface area (Å²) in [6, 6.07) is 7.59. The number of urea groups is 1. The minimum absolute atomic E-state index is 0.0518. The van der Waals surface area contributed by atoms with Gasteiger partial charge in [0.25, 0.3) is 0 Å². The van der Waals surface area contributed by atoms with Gasteiger partial charge in [-0.05, 0) is 37.7 Å². The molecule has 7 heteroatoms. The summed E-state index contributed by atoms with van der Waals surface area (Å²) in [5.74, 6) is 0.964. The fraction of sp³-hybridized carbons (Fsp3) is 0.556. The number of carbonyl (C=O) groups excluding carboxylic acids is 2. The molecular formula is C18H27N3O4. The number of benzene rings is 1. The molecule has 0 atom stereocenters. The molecule has 25 heavy (non-hydrogen) atoms. The van der Waals surface area contributed by atoms with Crippen molar-refractivity contribution in [2.75, 3.05) is 20.2 Å². The highest BCUT2D eigenvalue weighted by atomic mass is 16.5. The van der Waals surface area contributed by atoms with Crippen LogP contribution in [-0.2, 0) is 11.3 Å². The van der Waals surface area contributed by atoms with Gasteiger partial charge in [-0.15, -0.1) is 0 Å². The van der Waals surface area contributed by atoms with Crippen molar-refractivity contribution >= 4 is 11.9 Å². The predicted octanol–water partition coefficient (Wildman–Crippen LogP) is 2.29. The third kappa shape index (κ3) is 5.94. The molecule has 1 saturated heterocycles. The maximum atomic E-state index is 12.3. The number of para-hydroxylation sites is 1. The van der Waals surface area contributed by atoms with Crippen molar-refractivity contribution in [1.29, 1.82) is 0 Å². The van der Waals surface area contributed by atoms with Gasteiger partial charge < -0.3 is 15.0 Å². The molecule has 2 rings (SSSR count). The number of rotatable bonds is 7. The van der Waals surface area contributed by atoms with Gasteiger partial charge in [0.1, 0.15) is 5.75 Å². The number of hydroxylamine groups is 1. The number of likely N-dealkylation sites (tertiary alicyclic amines) is 1. The maximum Gasteiger partial charge on any atom is 0.317 e. The number of ether oxygens (including phenoxy) is 1. The third-order valence-electron chi connectivity index (χ3n) is 4.67. The Hall–Kier alpha value is -2.28. The molecule has 1 aromatic carbocycles. The van der Waals surface area contributed by atoms with Crippen molar-refractivity contribution in [3.8, 4) is 5.75 Å². The van der Waals surface area contributed by atoms with E-state index in [-0.39, 0.29) is 11.9 Å². The standard InChI is InChI=1S/C18H27N3O4/c1-25-16-7-3-2-6-15(16)13-19-18(23)21-11-9-14(10-12-21)5-4-8-17(22)20-24/h2-3,6-7,14,24H,4-5,8-13H2,1H3,(H,19,23)(H,20,22). The van der Waals surface area contributed by atoms with Crippen LogP contribution in [0.3, 0.4) is 0 Å².